The molecule has 0 spiro atoms. The molecule has 0 bridgehead atoms. The molecule has 0 aliphatic heterocycles. The third-order valence-electron chi connectivity index (χ3n) is 3.65. The number of hydrogen-bond donors (Lipinski definition) is 2. The molecule has 0 radical (unpaired) electrons. The standard InChI is InChI=1S/C19H17N3O3/c1-12-8-9-15(19(24)21-17-10-13(2)25-22-17)11-16(12)20-18(23)14-6-4-3-5-7-14/h3-11H,1-2H3,(H,20,23)(H,21,22,24). The predicted molar refractivity (Wildman–Crippen MR) is 94.8 cm³/mol. The maximum absolute atomic E-state index is 12.3. The lowest BCUT2D eigenvalue weighted by molar-refractivity contribution is 0.101. The number of anilines is 2. The van der Waals surface area contributed by atoms with Gasteiger partial charge in [0.25, 0.3) is 11.8 Å². The number of benzene rings is 2. The summed E-state index contributed by atoms with van der Waals surface area (Å²) in [5, 5.41) is 9.22. The van der Waals surface area contributed by atoms with Crippen LogP contribution in [0.2, 0.25) is 0 Å². The predicted octanol–water partition coefficient (Wildman–Crippen LogP) is 3.80. The van der Waals surface area contributed by atoms with E-state index in [1.54, 1.807) is 55.5 Å². The van der Waals surface area contributed by atoms with Crippen molar-refractivity contribution in [1.29, 1.82) is 0 Å². The van der Waals surface area contributed by atoms with Gasteiger partial charge in [0.2, 0.25) is 0 Å². The zero-order valence-electron chi connectivity index (χ0n) is 13.9. The van der Waals surface area contributed by atoms with Gasteiger partial charge in [-0.25, -0.2) is 0 Å². The van der Waals surface area contributed by atoms with Crippen LogP contribution in [0.1, 0.15) is 32.0 Å². The summed E-state index contributed by atoms with van der Waals surface area (Å²) in [5.41, 5.74) is 2.40. The van der Waals surface area contributed by atoms with E-state index in [0.29, 0.717) is 28.4 Å². The lowest BCUT2D eigenvalue weighted by Crippen LogP contribution is -2.15. The fourth-order valence-electron chi connectivity index (χ4n) is 2.30. The van der Waals surface area contributed by atoms with Crippen molar-refractivity contribution in [3.05, 3.63) is 77.0 Å². The summed E-state index contributed by atoms with van der Waals surface area (Å²) in [6.45, 7) is 3.61. The number of aromatic nitrogens is 1. The van der Waals surface area contributed by atoms with Crippen molar-refractivity contribution in [2.24, 2.45) is 0 Å². The zero-order chi connectivity index (χ0) is 17.8. The van der Waals surface area contributed by atoms with E-state index in [-0.39, 0.29) is 11.8 Å². The van der Waals surface area contributed by atoms with Gasteiger partial charge in [0.15, 0.2) is 5.82 Å². The molecule has 126 valence electrons. The Labute approximate surface area is 144 Å². The second kappa shape index (κ2) is 7.00. The number of aryl methyl sites for hydroxylation is 2. The number of carbonyl (C=O) groups is 2. The van der Waals surface area contributed by atoms with Crippen molar-refractivity contribution in [2.45, 2.75) is 13.8 Å². The molecule has 0 unspecified atom stereocenters. The second-order valence-corrected chi connectivity index (χ2v) is 5.63. The van der Waals surface area contributed by atoms with Crippen LogP contribution < -0.4 is 10.6 Å². The van der Waals surface area contributed by atoms with Crippen LogP contribution in [0.4, 0.5) is 11.5 Å². The van der Waals surface area contributed by atoms with Crippen LogP contribution in [0.25, 0.3) is 0 Å². The minimum atomic E-state index is -0.330. The van der Waals surface area contributed by atoms with Crippen LogP contribution in [-0.2, 0) is 0 Å². The molecule has 0 saturated heterocycles. The highest BCUT2D eigenvalue weighted by Gasteiger charge is 2.13. The van der Waals surface area contributed by atoms with Gasteiger partial charge in [-0.1, -0.05) is 29.4 Å². The highest BCUT2D eigenvalue weighted by Crippen LogP contribution is 2.19. The lowest BCUT2D eigenvalue weighted by Gasteiger charge is -2.10. The van der Waals surface area contributed by atoms with Crippen LogP contribution in [-0.4, -0.2) is 17.0 Å². The first-order chi connectivity index (χ1) is 12.0. The summed E-state index contributed by atoms with van der Waals surface area (Å²) < 4.78 is 4.92. The zero-order valence-corrected chi connectivity index (χ0v) is 13.9. The van der Waals surface area contributed by atoms with Crippen LogP contribution >= 0.6 is 0 Å². The van der Waals surface area contributed by atoms with Crippen molar-refractivity contribution in [2.75, 3.05) is 10.6 Å². The van der Waals surface area contributed by atoms with Gasteiger partial charge in [0, 0.05) is 22.9 Å². The van der Waals surface area contributed by atoms with E-state index in [1.807, 2.05) is 13.0 Å². The molecule has 3 rings (SSSR count). The van der Waals surface area contributed by atoms with E-state index < -0.39 is 0 Å². The van der Waals surface area contributed by atoms with Crippen LogP contribution in [0.5, 0.6) is 0 Å². The van der Waals surface area contributed by atoms with Gasteiger partial charge in [-0.05, 0) is 43.7 Å². The normalized spacial score (nSPS) is 10.3. The van der Waals surface area contributed by atoms with Gasteiger partial charge >= 0.3 is 0 Å². The molecule has 0 atom stereocenters. The Kier molecular flexibility index (Phi) is 4.61. The van der Waals surface area contributed by atoms with E-state index in [9.17, 15) is 9.59 Å². The molecule has 0 aliphatic rings. The van der Waals surface area contributed by atoms with Crippen LogP contribution in [0.15, 0.2) is 59.1 Å². The Morgan fingerprint density at radius 2 is 1.60 bits per heavy atom. The van der Waals surface area contributed by atoms with Crippen LogP contribution in [0.3, 0.4) is 0 Å². The average Bonchev–Trinajstić information content (AvgIpc) is 3.02. The van der Waals surface area contributed by atoms with Crippen molar-refractivity contribution in [3.8, 4) is 0 Å². The lowest BCUT2D eigenvalue weighted by atomic mass is 10.1. The van der Waals surface area contributed by atoms with E-state index in [0.717, 1.165) is 5.56 Å². The molecule has 0 saturated carbocycles. The minimum absolute atomic E-state index is 0.228. The fourth-order valence-corrected chi connectivity index (χ4v) is 2.30. The molecular weight excluding hydrogens is 318 g/mol. The second-order valence-electron chi connectivity index (χ2n) is 5.63. The fraction of sp³-hybridized carbons (Fsp3) is 0.105. The molecule has 0 fully saturated rings. The van der Waals surface area contributed by atoms with Gasteiger partial charge in [-0.3, -0.25) is 9.59 Å². The summed E-state index contributed by atoms with van der Waals surface area (Å²) in [6.07, 6.45) is 0. The van der Waals surface area contributed by atoms with Gasteiger partial charge in [0.1, 0.15) is 5.76 Å². The molecular formula is C19H17N3O3. The number of hydrogen-bond acceptors (Lipinski definition) is 4. The third kappa shape index (κ3) is 3.92. The summed E-state index contributed by atoms with van der Waals surface area (Å²) in [5.74, 6) is 0.393. The largest absolute Gasteiger partial charge is 0.360 e. The highest BCUT2D eigenvalue weighted by molar-refractivity contribution is 6.07. The first-order valence-corrected chi connectivity index (χ1v) is 7.74. The Morgan fingerprint density at radius 1 is 0.880 bits per heavy atom. The summed E-state index contributed by atoms with van der Waals surface area (Å²) in [4.78, 5) is 24.6. The van der Waals surface area contributed by atoms with Gasteiger partial charge < -0.3 is 15.2 Å². The summed E-state index contributed by atoms with van der Waals surface area (Å²) in [6, 6.07) is 15.6. The van der Waals surface area contributed by atoms with Crippen molar-refractivity contribution >= 4 is 23.3 Å². The maximum atomic E-state index is 12.3. The average molecular weight is 335 g/mol. The number of carbonyl (C=O) groups excluding carboxylic acids is 2. The van der Waals surface area contributed by atoms with E-state index >= 15 is 0 Å². The number of nitrogens with one attached hydrogen (secondary N) is 2. The molecule has 1 heterocycles. The smallest absolute Gasteiger partial charge is 0.256 e. The first-order valence-electron chi connectivity index (χ1n) is 7.74. The molecule has 1 aromatic heterocycles. The molecule has 6 heteroatoms. The van der Waals surface area contributed by atoms with E-state index in [2.05, 4.69) is 15.8 Å². The molecule has 0 aliphatic carbocycles. The molecule has 2 amide bonds. The Hall–Kier alpha value is -3.41. The minimum Gasteiger partial charge on any atom is -0.360 e. The molecule has 6 nitrogen and oxygen atoms in total. The monoisotopic (exact) mass is 335 g/mol. The maximum Gasteiger partial charge on any atom is 0.256 e. The molecule has 2 aromatic carbocycles. The van der Waals surface area contributed by atoms with Gasteiger partial charge in [0.05, 0.1) is 0 Å². The van der Waals surface area contributed by atoms with E-state index in [4.69, 9.17) is 4.52 Å². The topological polar surface area (TPSA) is 84.2 Å². The van der Waals surface area contributed by atoms with Crippen molar-refractivity contribution in [1.82, 2.24) is 5.16 Å². The first kappa shape index (κ1) is 16.4. The van der Waals surface area contributed by atoms with Crippen LogP contribution in [0, 0.1) is 13.8 Å². The third-order valence-corrected chi connectivity index (χ3v) is 3.65. The number of rotatable bonds is 4. The molecule has 3 aromatic rings. The Morgan fingerprint density at radius 3 is 2.28 bits per heavy atom. The van der Waals surface area contributed by atoms with E-state index in [1.165, 1.54) is 0 Å². The summed E-state index contributed by atoms with van der Waals surface area (Å²) >= 11 is 0. The molecule has 25 heavy (non-hydrogen) atoms. The van der Waals surface area contributed by atoms with Gasteiger partial charge in [-0.2, -0.15) is 0 Å². The molecule has 2 N–H and O–H groups in total. The number of nitrogens with zero attached hydrogens (tertiary/aromatic N) is 1. The highest BCUT2D eigenvalue weighted by atomic mass is 16.5. The summed E-state index contributed by atoms with van der Waals surface area (Å²) in [7, 11) is 0. The number of amides is 2. The quantitative estimate of drug-likeness (QED) is 0.759. The SMILES string of the molecule is Cc1cc(NC(=O)c2ccc(C)c(NC(=O)c3ccccc3)c2)no1. The van der Waals surface area contributed by atoms with Crippen molar-refractivity contribution in [3.63, 3.8) is 0 Å². The van der Waals surface area contributed by atoms with Gasteiger partial charge in [-0.15, -0.1) is 0 Å². The Bertz CT molecular complexity index is 917. The van der Waals surface area contributed by atoms with Crippen molar-refractivity contribution < 1.29 is 14.1 Å². The Balaban J connectivity index is 1.78.